The Balaban J connectivity index is 0. The van der Waals surface area contributed by atoms with E-state index in [0.29, 0.717) is 5.92 Å². The van der Waals surface area contributed by atoms with E-state index >= 15 is 0 Å². The van der Waals surface area contributed by atoms with Crippen LogP contribution in [0.2, 0.25) is 0 Å². The van der Waals surface area contributed by atoms with E-state index in [4.69, 9.17) is 9.47 Å². The molecule has 0 aromatic heterocycles. The topological polar surface area (TPSA) is 107 Å². The van der Waals surface area contributed by atoms with Crippen LogP contribution in [0, 0.1) is 23.7 Å². The Morgan fingerprint density at radius 2 is 1.38 bits per heavy atom. The van der Waals surface area contributed by atoms with Gasteiger partial charge < -0.3 is 10.9 Å². The first-order valence-corrected chi connectivity index (χ1v) is 10.7. The molecule has 1 rings (SSSR count). The summed E-state index contributed by atoms with van der Waals surface area (Å²) >= 11 is 0. The van der Waals surface area contributed by atoms with Gasteiger partial charge in [-0.25, -0.2) is 9.59 Å². The van der Waals surface area contributed by atoms with Gasteiger partial charge in [0, 0.05) is 0 Å². The van der Waals surface area contributed by atoms with Crippen LogP contribution < -0.4 is 18.9 Å². The van der Waals surface area contributed by atoms with Crippen molar-refractivity contribution in [3.8, 4) is 0 Å². The van der Waals surface area contributed by atoms with Crippen molar-refractivity contribution in [1.82, 2.24) is 0 Å². The van der Waals surface area contributed by atoms with Gasteiger partial charge in [0.1, 0.15) is 4.90 Å². The van der Waals surface area contributed by atoms with Gasteiger partial charge in [0.05, 0.1) is 24.3 Å². The molecular formula is C20H31LiO7S. The SMILES string of the molecule is CC(C)C(C)COC(=O)c1ccc(C(=O)OCC(C)C(C)C)c(S(=O)(=O)O)c1.[H-].[Li+]. The van der Waals surface area contributed by atoms with Crippen LogP contribution in [-0.4, -0.2) is 38.1 Å². The van der Waals surface area contributed by atoms with Crippen LogP contribution in [0.5, 0.6) is 0 Å². The summed E-state index contributed by atoms with van der Waals surface area (Å²) in [7, 11) is -4.74. The van der Waals surface area contributed by atoms with E-state index in [1.54, 1.807) is 0 Å². The molecule has 0 aliphatic rings. The molecule has 0 spiro atoms. The Morgan fingerprint density at radius 3 is 1.79 bits per heavy atom. The predicted octanol–water partition coefficient (Wildman–Crippen LogP) is 0.948. The molecule has 0 radical (unpaired) electrons. The fourth-order valence-corrected chi connectivity index (χ4v) is 2.70. The molecule has 0 heterocycles. The Kier molecular flexibility index (Phi) is 11.2. The summed E-state index contributed by atoms with van der Waals surface area (Å²) in [6.45, 7) is 12.1. The third-order valence-corrected chi connectivity index (χ3v) is 5.84. The summed E-state index contributed by atoms with van der Waals surface area (Å²) in [6.07, 6.45) is 0. The molecule has 1 aromatic carbocycles. The van der Waals surface area contributed by atoms with Crippen LogP contribution in [0.1, 0.15) is 63.7 Å². The maximum atomic E-state index is 12.3. The van der Waals surface area contributed by atoms with Gasteiger partial charge in [0.15, 0.2) is 0 Å². The van der Waals surface area contributed by atoms with Crippen LogP contribution >= 0.6 is 0 Å². The van der Waals surface area contributed by atoms with Crippen molar-refractivity contribution >= 4 is 22.1 Å². The number of hydrogen-bond donors (Lipinski definition) is 1. The van der Waals surface area contributed by atoms with Gasteiger partial charge in [-0.1, -0.05) is 41.5 Å². The number of carbonyl (C=O) groups is 2. The normalized spacial score (nSPS) is 13.6. The van der Waals surface area contributed by atoms with E-state index in [1.807, 2.05) is 41.5 Å². The van der Waals surface area contributed by atoms with Gasteiger partial charge in [0.2, 0.25) is 0 Å². The number of esters is 2. The van der Waals surface area contributed by atoms with E-state index < -0.39 is 27.0 Å². The second-order valence-corrected chi connectivity index (χ2v) is 9.22. The quantitative estimate of drug-likeness (QED) is 0.359. The van der Waals surface area contributed by atoms with E-state index in [2.05, 4.69) is 0 Å². The summed E-state index contributed by atoms with van der Waals surface area (Å²) in [5.41, 5.74) is -0.402. The number of benzene rings is 1. The van der Waals surface area contributed by atoms with Gasteiger partial charge in [-0.05, 0) is 41.9 Å². The smallest absolute Gasteiger partial charge is 1.00 e. The molecule has 0 fully saturated rings. The van der Waals surface area contributed by atoms with Gasteiger partial charge in [-0.2, -0.15) is 8.42 Å². The number of hydrogen-bond acceptors (Lipinski definition) is 6. The zero-order valence-corrected chi connectivity index (χ0v) is 19.1. The first-order valence-electron chi connectivity index (χ1n) is 9.30. The minimum absolute atomic E-state index is 0. The zero-order chi connectivity index (χ0) is 21.6. The molecule has 2 atom stereocenters. The Bertz CT molecular complexity index is 809. The van der Waals surface area contributed by atoms with Crippen LogP contribution in [0.3, 0.4) is 0 Å². The molecule has 0 bridgehead atoms. The molecule has 0 saturated carbocycles. The first-order chi connectivity index (χ1) is 12.8. The van der Waals surface area contributed by atoms with Crippen molar-refractivity contribution in [1.29, 1.82) is 0 Å². The number of rotatable bonds is 9. The molecule has 0 saturated heterocycles. The van der Waals surface area contributed by atoms with E-state index in [0.717, 1.165) is 12.1 Å². The van der Waals surface area contributed by atoms with Crippen LogP contribution in [0.4, 0.5) is 0 Å². The molecule has 29 heavy (non-hydrogen) atoms. The third kappa shape index (κ3) is 8.51. The van der Waals surface area contributed by atoms with Crippen molar-refractivity contribution in [3.05, 3.63) is 29.3 Å². The van der Waals surface area contributed by atoms with Crippen molar-refractivity contribution in [2.45, 2.75) is 46.4 Å². The van der Waals surface area contributed by atoms with Gasteiger partial charge >= 0.3 is 30.8 Å². The maximum Gasteiger partial charge on any atom is 1.00 e. The summed E-state index contributed by atoms with van der Waals surface area (Å²) in [4.78, 5) is 23.8. The monoisotopic (exact) mass is 422 g/mol. The predicted molar refractivity (Wildman–Crippen MR) is 106 cm³/mol. The van der Waals surface area contributed by atoms with Crippen LogP contribution in [-0.2, 0) is 19.6 Å². The van der Waals surface area contributed by atoms with E-state index in [-0.39, 0.29) is 62.4 Å². The molecule has 1 aromatic rings. The molecule has 7 nitrogen and oxygen atoms in total. The van der Waals surface area contributed by atoms with E-state index in [1.165, 1.54) is 6.07 Å². The standard InChI is InChI=1S/C20H30O7S.Li.H/c1-12(2)14(5)10-26-19(21)16-7-8-17(18(9-16)28(23,24)25)20(22)27-11-15(6)13(3)4;;/h7-9,12-15H,10-11H2,1-6H3,(H,23,24,25);;/q;+1;-1. The first kappa shape index (κ1) is 27.7. The molecule has 0 amide bonds. The molecule has 0 aliphatic carbocycles. The summed E-state index contributed by atoms with van der Waals surface area (Å²) < 4.78 is 43.3. The molecular weight excluding hydrogens is 391 g/mol. The molecule has 2 unspecified atom stereocenters. The second kappa shape index (κ2) is 11.8. The number of carbonyl (C=O) groups excluding carboxylic acids is 2. The Hall–Kier alpha value is -1.33. The van der Waals surface area contributed by atoms with Crippen molar-refractivity contribution in [3.63, 3.8) is 0 Å². The minimum Gasteiger partial charge on any atom is -1.00 e. The molecule has 9 heteroatoms. The Morgan fingerprint density at radius 1 is 0.931 bits per heavy atom. The summed E-state index contributed by atoms with van der Waals surface area (Å²) in [5.74, 6) is -0.817. The van der Waals surface area contributed by atoms with Gasteiger partial charge in [-0.3, -0.25) is 4.55 Å². The average molecular weight is 422 g/mol. The summed E-state index contributed by atoms with van der Waals surface area (Å²) in [6, 6.07) is 3.35. The van der Waals surface area contributed by atoms with Crippen molar-refractivity contribution in [2.75, 3.05) is 13.2 Å². The summed E-state index contributed by atoms with van der Waals surface area (Å²) in [5, 5.41) is 0. The minimum atomic E-state index is -4.74. The van der Waals surface area contributed by atoms with Crippen molar-refractivity contribution in [2.24, 2.45) is 23.7 Å². The zero-order valence-electron chi connectivity index (χ0n) is 19.3. The Labute approximate surface area is 187 Å². The number of ether oxygens (including phenoxy) is 2. The molecule has 0 aliphatic heterocycles. The van der Waals surface area contributed by atoms with Gasteiger partial charge in [-0.15, -0.1) is 0 Å². The second-order valence-electron chi connectivity index (χ2n) is 7.83. The van der Waals surface area contributed by atoms with Crippen LogP contribution in [0.15, 0.2) is 23.1 Å². The van der Waals surface area contributed by atoms with Gasteiger partial charge in [0.25, 0.3) is 10.1 Å². The molecule has 160 valence electrons. The van der Waals surface area contributed by atoms with Crippen molar-refractivity contribution < 1.29 is 52.3 Å². The maximum absolute atomic E-state index is 12.3. The average Bonchev–Trinajstić information content (AvgIpc) is 2.61. The largest absolute Gasteiger partial charge is 1.00 e. The fraction of sp³-hybridized carbons (Fsp3) is 0.600. The van der Waals surface area contributed by atoms with E-state index in [9.17, 15) is 22.6 Å². The van der Waals surface area contributed by atoms with Crippen LogP contribution in [0.25, 0.3) is 0 Å². The molecule has 1 N–H and O–H groups in total. The fourth-order valence-electron chi connectivity index (χ4n) is 1.99. The third-order valence-electron chi connectivity index (χ3n) is 4.95.